The van der Waals surface area contributed by atoms with Gasteiger partial charge in [-0.15, -0.1) is 0 Å². The number of nitrogens with zero attached hydrogens (tertiary/aromatic N) is 3. The number of hydrazone groups is 1. The number of carbonyl (C=O) groups is 1. The fourth-order valence-corrected chi connectivity index (χ4v) is 4.25. The number of ether oxygens (including phenoxy) is 1. The topological polar surface area (TPSA) is 85.6 Å². The van der Waals surface area contributed by atoms with Crippen molar-refractivity contribution in [1.82, 2.24) is 15.0 Å². The van der Waals surface area contributed by atoms with Gasteiger partial charge in [0.1, 0.15) is 5.75 Å². The molecule has 8 heteroatoms. The maximum atomic E-state index is 13.3. The molecule has 1 N–H and O–H groups in total. The zero-order chi connectivity index (χ0) is 24.6. The molecular weight excluding hydrogens is 460 g/mol. The Morgan fingerprint density at radius 1 is 1.09 bits per heavy atom. The number of fused-ring (bicyclic) bond motifs is 1. The zero-order valence-corrected chi connectivity index (χ0v) is 20.4. The SMILES string of the molecule is CCCOc1ccc(C=NNC(=O)CSc2nc3ccccc3c(=O)n2-c2ccccc2C)cc1. The maximum Gasteiger partial charge on any atom is 0.266 e. The van der Waals surface area contributed by atoms with Crippen molar-refractivity contribution in [2.24, 2.45) is 5.10 Å². The Labute approximate surface area is 207 Å². The molecule has 0 saturated carbocycles. The summed E-state index contributed by atoms with van der Waals surface area (Å²) in [7, 11) is 0. The summed E-state index contributed by atoms with van der Waals surface area (Å²) >= 11 is 1.19. The lowest BCUT2D eigenvalue weighted by molar-refractivity contribution is -0.118. The number of aromatic nitrogens is 2. The molecule has 0 bridgehead atoms. The fourth-order valence-electron chi connectivity index (χ4n) is 3.45. The molecule has 1 amide bonds. The number of amides is 1. The van der Waals surface area contributed by atoms with Gasteiger partial charge in [0.2, 0.25) is 0 Å². The number of thioether (sulfide) groups is 1. The van der Waals surface area contributed by atoms with Gasteiger partial charge in [-0.1, -0.05) is 49.0 Å². The van der Waals surface area contributed by atoms with Gasteiger partial charge in [0.15, 0.2) is 5.16 Å². The molecule has 4 rings (SSSR count). The summed E-state index contributed by atoms with van der Waals surface area (Å²) in [5.74, 6) is 0.553. The number of para-hydroxylation sites is 2. The Morgan fingerprint density at radius 3 is 2.60 bits per heavy atom. The molecule has 3 aromatic carbocycles. The molecule has 0 fully saturated rings. The Balaban J connectivity index is 1.48. The Hall–Kier alpha value is -3.91. The third kappa shape index (κ3) is 5.96. The van der Waals surface area contributed by atoms with Crippen LogP contribution < -0.4 is 15.7 Å². The van der Waals surface area contributed by atoms with Gasteiger partial charge in [0, 0.05) is 0 Å². The van der Waals surface area contributed by atoms with Gasteiger partial charge in [0.25, 0.3) is 11.5 Å². The molecule has 1 aromatic heterocycles. The van der Waals surface area contributed by atoms with Crippen molar-refractivity contribution in [2.45, 2.75) is 25.4 Å². The molecule has 0 aliphatic rings. The second kappa shape index (κ2) is 11.5. The number of nitrogens with one attached hydrogen (secondary N) is 1. The molecule has 7 nitrogen and oxygen atoms in total. The minimum atomic E-state index is -0.298. The van der Waals surface area contributed by atoms with Crippen LogP contribution in [0.3, 0.4) is 0 Å². The predicted molar refractivity (Wildman–Crippen MR) is 141 cm³/mol. The van der Waals surface area contributed by atoms with Crippen LogP contribution in [0.15, 0.2) is 87.8 Å². The summed E-state index contributed by atoms with van der Waals surface area (Å²) in [6.07, 6.45) is 2.52. The van der Waals surface area contributed by atoms with E-state index in [-0.39, 0.29) is 17.2 Å². The van der Waals surface area contributed by atoms with Crippen molar-refractivity contribution in [3.8, 4) is 11.4 Å². The van der Waals surface area contributed by atoms with Gasteiger partial charge in [-0.25, -0.2) is 10.4 Å². The first-order valence-corrected chi connectivity index (χ1v) is 12.3. The maximum absolute atomic E-state index is 13.3. The molecule has 0 aliphatic carbocycles. The van der Waals surface area contributed by atoms with Crippen LogP contribution in [0.2, 0.25) is 0 Å². The van der Waals surface area contributed by atoms with Gasteiger partial charge in [-0.3, -0.25) is 14.2 Å². The van der Waals surface area contributed by atoms with Gasteiger partial charge in [-0.2, -0.15) is 5.10 Å². The fraction of sp³-hybridized carbons (Fsp3) is 0.185. The monoisotopic (exact) mass is 486 g/mol. The van der Waals surface area contributed by atoms with Crippen molar-refractivity contribution < 1.29 is 9.53 Å². The quantitative estimate of drug-likeness (QED) is 0.160. The molecule has 0 saturated heterocycles. The number of carbonyl (C=O) groups excluding carboxylic acids is 1. The van der Waals surface area contributed by atoms with Crippen LogP contribution >= 0.6 is 11.8 Å². The van der Waals surface area contributed by atoms with E-state index in [2.05, 4.69) is 22.4 Å². The normalized spacial score (nSPS) is 11.1. The van der Waals surface area contributed by atoms with E-state index in [4.69, 9.17) is 4.74 Å². The highest BCUT2D eigenvalue weighted by Crippen LogP contribution is 2.23. The van der Waals surface area contributed by atoms with Gasteiger partial charge in [0.05, 0.1) is 35.2 Å². The van der Waals surface area contributed by atoms with E-state index in [1.807, 2.05) is 67.6 Å². The number of aryl methyl sites for hydroxylation is 1. The predicted octanol–water partition coefficient (Wildman–Crippen LogP) is 4.73. The van der Waals surface area contributed by atoms with Crippen molar-refractivity contribution in [2.75, 3.05) is 12.4 Å². The lowest BCUT2D eigenvalue weighted by Gasteiger charge is -2.14. The number of rotatable bonds is 9. The smallest absolute Gasteiger partial charge is 0.266 e. The van der Waals surface area contributed by atoms with Crippen molar-refractivity contribution in [3.05, 3.63) is 94.3 Å². The van der Waals surface area contributed by atoms with Crippen molar-refractivity contribution >= 4 is 34.8 Å². The average Bonchev–Trinajstić information content (AvgIpc) is 2.88. The zero-order valence-electron chi connectivity index (χ0n) is 19.6. The van der Waals surface area contributed by atoms with Crippen molar-refractivity contribution in [1.29, 1.82) is 0 Å². The van der Waals surface area contributed by atoms with Crippen LogP contribution in [0.5, 0.6) is 5.75 Å². The molecule has 0 atom stereocenters. The summed E-state index contributed by atoms with van der Waals surface area (Å²) in [5, 5.41) is 5.02. The largest absolute Gasteiger partial charge is 0.494 e. The summed E-state index contributed by atoms with van der Waals surface area (Å²) < 4.78 is 7.13. The molecule has 0 unspecified atom stereocenters. The number of hydrogen-bond donors (Lipinski definition) is 1. The van der Waals surface area contributed by atoms with E-state index in [1.165, 1.54) is 11.8 Å². The molecule has 35 heavy (non-hydrogen) atoms. The first kappa shape index (κ1) is 24.2. The van der Waals surface area contributed by atoms with Gasteiger partial charge < -0.3 is 4.74 Å². The second-order valence-corrected chi connectivity index (χ2v) is 8.78. The summed E-state index contributed by atoms with van der Waals surface area (Å²) in [6, 6.07) is 22.3. The molecule has 178 valence electrons. The summed E-state index contributed by atoms with van der Waals surface area (Å²) in [4.78, 5) is 30.5. The molecule has 1 heterocycles. The van der Waals surface area contributed by atoms with Gasteiger partial charge in [-0.05, 0) is 66.9 Å². The Bertz CT molecular complexity index is 1410. The Morgan fingerprint density at radius 2 is 1.83 bits per heavy atom. The second-order valence-electron chi connectivity index (χ2n) is 7.84. The van der Waals surface area contributed by atoms with Crippen LogP contribution in [0.4, 0.5) is 0 Å². The highest BCUT2D eigenvalue weighted by atomic mass is 32.2. The van der Waals surface area contributed by atoms with E-state index in [9.17, 15) is 9.59 Å². The minimum Gasteiger partial charge on any atom is -0.494 e. The van der Waals surface area contributed by atoms with Gasteiger partial charge >= 0.3 is 0 Å². The lowest BCUT2D eigenvalue weighted by atomic mass is 10.2. The van der Waals surface area contributed by atoms with Crippen molar-refractivity contribution in [3.63, 3.8) is 0 Å². The third-order valence-electron chi connectivity index (χ3n) is 5.19. The molecule has 4 aromatic rings. The van der Waals surface area contributed by atoms with E-state index < -0.39 is 0 Å². The number of hydrogen-bond acceptors (Lipinski definition) is 6. The molecular formula is C27H26N4O3S. The van der Waals surface area contributed by atoms with E-state index in [0.717, 1.165) is 29.0 Å². The van der Waals surface area contributed by atoms with Crippen LogP contribution in [-0.2, 0) is 4.79 Å². The van der Waals surface area contributed by atoms with E-state index >= 15 is 0 Å². The highest BCUT2D eigenvalue weighted by Gasteiger charge is 2.15. The van der Waals surface area contributed by atoms with E-state index in [1.54, 1.807) is 22.9 Å². The molecule has 0 aliphatic heterocycles. The summed E-state index contributed by atoms with van der Waals surface area (Å²) in [5.41, 5.74) is 5.48. The third-order valence-corrected chi connectivity index (χ3v) is 6.13. The lowest BCUT2D eigenvalue weighted by Crippen LogP contribution is -2.24. The summed E-state index contributed by atoms with van der Waals surface area (Å²) in [6.45, 7) is 4.67. The molecule has 0 spiro atoms. The first-order valence-electron chi connectivity index (χ1n) is 11.3. The molecule has 0 radical (unpaired) electrons. The van der Waals surface area contributed by atoms with Crippen LogP contribution in [0, 0.1) is 6.92 Å². The minimum absolute atomic E-state index is 0.0534. The van der Waals surface area contributed by atoms with Crippen LogP contribution in [0.25, 0.3) is 16.6 Å². The average molecular weight is 487 g/mol. The first-order chi connectivity index (χ1) is 17.1. The van der Waals surface area contributed by atoms with E-state index in [0.29, 0.717) is 22.7 Å². The number of benzene rings is 3. The van der Waals surface area contributed by atoms with Crippen LogP contribution in [-0.4, -0.2) is 34.0 Å². The standard InChI is InChI=1S/C27H26N4O3S/c1-3-16-34-21-14-12-20(13-15-21)17-28-30-25(32)18-35-27-29-23-10-6-5-9-22(23)26(33)31(27)24-11-7-4-8-19(24)2/h4-15,17H,3,16,18H2,1-2H3,(H,30,32). The van der Waals surface area contributed by atoms with Crippen LogP contribution in [0.1, 0.15) is 24.5 Å². The Kier molecular flexibility index (Phi) is 7.95. The highest BCUT2D eigenvalue weighted by molar-refractivity contribution is 7.99.